The number of aryl methyl sites for hydroxylation is 1. The van der Waals surface area contributed by atoms with Crippen molar-refractivity contribution in [1.82, 2.24) is 29.5 Å². The van der Waals surface area contributed by atoms with Crippen LogP contribution >= 0.6 is 0 Å². The van der Waals surface area contributed by atoms with E-state index in [0.29, 0.717) is 16.3 Å². The van der Waals surface area contributed by atoms with Gasteiger partial charge in [0.25, 0.3) is 5.56 Å². The van der Waals surface area contributed by atoms with Crippen LogP contribution in [0.3, 0.4) is 0 Å². The summed E-state index contributed by atoms with van der Waals surface area (Å²) in [4.78, 5) is 16.5. The molecule has 4 aromatic heterocycles. The zero-order chi connectivity index (χ0) is 17.8. The van der Waals surface area contributed by atoms with Crippen LogP contribution in [0.4, 0.5) is 13.2 Å². The van der Waals surface area contributed by atoms with E-state index in [1.165, 1.54) is 21.5 Å². The average molecular weight is 348 g/mol. The molecule has 4 aromatic rings. The van der Waals surface area contributed by atoms with E-state index in [2.05, 4.69) is 20.3 Å². The van der Waals surface area contributed by atoms with Crippen LogP contribution in [-0.4, -0.2) is 29.5 Å². The molecule has 128 valence electrons. The largest absolute Gasteiger partial charge is 0.433 e. The van der Waals surface area contributed by atoms with Crippen molar-refractivity contribution in [2.45, 2.75) is 12.7 Å². The minimum Gasteiger partial charge on any atom is -0.286 e. The Bertz CT molecular complexity index is 1140. The summed E-state index contributed by atoms with van der Waals surface area (Å²) in [5, 5.41) is 11.4. The smallest absolute Gasteiger partial charge is 0.286 e. The van der Waals surface area contributed by atoms with E-state index in [1.54, 1.807) is 19.4 Å². The van der Waals surface area contributed by atoms with Gasteiger partial charge in [-0.3, -0.25) is 19.1 Å². The highest BCUT2D eigenvalue weighted by molar-refractivity contribution is 6.02. The van der Waals surface area contributed by atoms with Gasteiger partial charge < -0.3 is 0 Å². The maximum absolute atomic E-state index is 13.1. The predicted molar refractivity (Wildman–Crippen MR) is 83.0 cm³/mol. The van der Waals surface area contributed by atoms with E-state index in [-0.39, 0.29) is 17.7 Å². The second kappa shape index (κ2) is 5.16. The molecule has 0 aliphatic heterocycles. The number of H-pyrrole nitrogens is 1. The first-order valence-corrected chi connectivity index (χ1v) is 7.26. The summed E-state index contributed by atoms with van der Waals surface area (Å²) in [7, 11) is 1.64. The third-order valence-corrected chi connectivity index (χ3v) is 3.88. The molecule has 0 aliphatic rings. The van der Waals surface area contributed by atoms with Gasteiger partial charge in [-0.2, -0.15) is 23.4 Å². The van der Waals surface area contributed by atoms with Gasteiger partial charge in [-0.15, -0.1) is 0 Å². The van der Waals surface area contributed by atoms with Gasteiger partial charge in [-0.25, -0.2) is 4.98 Å². The molecule has 0 saturated heterocycles. The third-order valence-electron chi connectivity index (χ3n) is 3.88. The van der Waals surface area contributed by atoms with Crippen LogP contribution in [0.2, 0.25) is 0 Å². The maximum Gasteiger partial charge on any atom is 0.433 e. The van der Waals surface area contributed by atoms with Gasteiger partial charge in [0, 0.05) is 35.8 Å². The molecule has 0 fully saturated rings. The molecule has 4 rings (SSSR count). The maximum atomic E-state index is 13.1. The molecule has 0 spiro atoms. The first kappa shape index (κ1) is 15.4. The summed E-state index contributed by atoms with van der Waals surface area (Å²) in [5.74, 6) is 0. The van der Waals surface area contributed by atoms with E-state index < -0.39 is 17.4 Å². The Kier molecular flexibility index (Phi) is 3.17. The molecule has 0 unspecified atom stereocenters. The molecule has 4 heterocycles. The summed E-state index contributed by atoms with van der Waals surface area (Å²) in [6.45, 7) is 0.0344. The lowest BCUT2D eigenvalue weighted by Crippen LogP contribution is -2.23. The van der Waals surface area contributed by atoms with Gasteiger partial charge in [0.15, 0.2) is 5.52 Å². The summed E-state index contributed by atoms with van der Waals surface area (Å²) in [6.07, 6.45) is 0.0494. The average Bonchev–Trinajstić information content (AvgIpc) is 3.19. The Labute approximate surface area is 137 Å². The highest BCUT2D eigenvalue weighted by Crippen LogP contribution is 2.30. The van der Waals surface area contributed by atoms with Crippen molar-refractivity contribution in [2.24, 2.45) is 7.05 Å². The molecule has 1 N–H and O–H groups in total. The molecule has 0 atom stereocenters. The number of fused-ring (bicyclic) bond motifs is 3. The van der Waals surface area contributed by atoms with Crippen LogP contribution in [-0.2, 0) is 19.8 Å². The molecule has 10 heteroatoms. The topological polar surface area (TPSA) is 81.4 Å². The Morgan fingerprint density at radius 2 is 2.04 bits per heavy atom. The SMILES string of the molecule is Cn1cc2c(n1)c(=O)n(Cc1cn[nH]c1)c1nc(C(F)(F)F)ccc21. The number of halogens is 3. The number of hydrogen-bond acceptors (Lipinski definition) is 4. The zero-order valence-electron chi connectivity index (χ0n) is 12.9. The lowest BCUT2D eigenvalue weighted by Gasteiger charge is -2.12. The van der Waals surface area contributed by atoms with Crippen molar-refractivity contribution in [2.75, 3.05) is 0 Å². The van der Waals surface area contributed by atoms with Gasteiger partial charge >= 0.3 is 6.18 Å². The molecular formula is C15H11F3N6O. The van der Waals surface area contributed by atoms with Crippen molar-refractivity contribution in [3.05, 3.63) is 52.3 Å². The number of alkyl halides is 3. The fourth-order valence-electron chi connectivity index (χ4n) is 2.78. The Morgan fingerprint density at radius 1 is 1.24 bits per heavy atom. The van der Waals surface area contributed by atoms with Crippen LogP contribution in [0.5, 0.6) is 0 Å². The van der Waals surface area contributed by atoms with Gasteiger partial charge in [-0.1, -0.05) is 0 Å². The van der Waals surface area contributed by atoms with Crippen molar-refractivity contribution in [3.8, 4) is 0 Å². The molecular weight excluding hydrogens is 337 g/mol. The molecule has 0 radical (unpaired) electrons. The van der Waals surface area contributed by atoms with Crippen LogP contribution in [0.15, 0.2) is 35.5 Å². The fourth-order valence-corrected chi connectivity index (χ4v) is 2.78. The van der Waals surface area contributed by atoms with Crippen LogP contribution in [0.1, 0.15) is 11.3 Å². The lowest BCUT2D eigenvalue weighted by atomic mass is 10.1. The third kappa shape index (κ3) is 2.46. The summed E-state index contributed by atoms with van der Waals surface area (Å²) >= 11 is 0. The van der Waals surface area contributed by atoms with Crippen molar-refractivity contribution < 1.29 is 13.2 Å². The summed E-state index contributed by atoms with van der Waals surface area (Å²) in [5.41, 5.74) is -0.779. The van der Waals surface area contributed by atoms with Crippen molar-refractivity contribution in [3.63, 3.8) is 0 Å². The highest BCUT2D eigenvalue weighted by Gasteiger charge is 2.33. The first-order chi connectivity index (χ1) is 11.8. The van der Waals surface area contributed by atoms with Crippen molar-refractivity contribution in [1.29, 1.82) is 0 Å². The summed E-state index contributed by atoms with van der Waals surface area (Å²) in [6, 6.07) is 2.22. The molecule has 0 aliphatic carbocycles. The minimum atomic E-state index is -4.60. The van der Waals surface area contributed by atoms with Gasteiger partial charge in [0.2, 0.25) is 0 Å². The van der Waals surface area contributed by atoms with E-state index >= 15 is 0 Å². The van der Waals surface area contributed by atoms with E-state index in [9.17, 15) is 18.0 Å². The predicted octanol–water partition coefficient (Wildman–Crippen LogP) is 2.07. The van der Waals surface area contributed by atoms with E-state index in [4.69, 9.17) is 0 Å². The van der Waals surface area contributed by atoms with E-state index in [1.807, 2.05) is 0 Å². The highest BCUT2D eigenvalue weighted by atomic mass is 19.4. The number of aromatic nitrogens is 6. The molecule has 0 saturated carbocycles. The van der Waals surface area contributed by atoms with Gasteiger partial charge in [0.1, 0.15) is 11.3 Å². The monoisotopic (exact) mass is 348 g/mol. The van der Waals surface area contributed by atoms with Crippen molar-refractivity contribution >= 4 is 21.9 Å². The quantitative estimate of drug-likeness (QED) is 0.601. The normalized spacial score (nSPS) is 12.3. The van der Waals surface area contributed by atoms with Crippen LogP contribution < -0.4 is 5.56 Å². The zero-order valence-corrected chi connectivity index (χ0v) is 12.9. The summed E-state index contributed by atoms with van der Waals surface area (Å²) < 4.78 is 41.8. The fraction of sp³-hybridized carbons (Fsp3) is 0.200. The number of nitrogens with one attached hydrogen (secondary N) is 1. The Balaban J connectivity index is 2.10. The second-order valence-corrected chi connectivity index (χ2v) is 5.63. The number of aromatic amines is 1. The molecule has 0 amide bonds. The number of hydrogen-bond donors (Lipinski definition) is 1. The first-order valence-electron chi connectivity index (χ1n) is 7.26. The number of pyridine rings is 2. The second-order valence-electron chi connectivity index (χ2n) is 5.63. The standard InChI is InChI=1S/C15H11F3N6O/c1-23-7-10-9-2-3-11(15(16,17)18)21-13(9)24(14(25)12(10)22-23)6-8-4-19-20-5-8/h2-5,7H,6H2,1H3,(H,19,20). The molecule has 0 aromatic carbocycles. The Morgan fingerprint density at radius 3 is 2.72 bits per heavy atom. The minimum absolute atomic E-state index is 0.0344. The van der Waals surface area contributed by atoms with E-state index in [0.717, 1.165) is 6.07 Å². The lowest BCUT2D eigenvalue weighted by molar-refractivity contribution is -0.141. The molecule has 7 nitrogen and oxygen atoms in total. The molecule has 0 bridgehead atoms. The molecule has 25 heavy (non-hydrogen) atoms. The van der Waals surface area contributed by atoms with Gasteiger partial charge in [0.05, 0.1) is 12.7 Å². The Hall–Kier alpha value is -3.17. The number of rotatable bonds is 2. The van der Waals surface area contributed by atoms with Crippen LogP contribution in [0, 0.1) is 0 Å². The van der Waals surface area contributed by atoms with Crippen LogP contribution in [0.25, 0.3) is 21.9 Å². The number of nitrogens with zero attached hydrogens (tertiary/aromatic N) is 5. The van der Waals surface area contributed by atoms with Gasteiger partial charge in [-0.05, 0) is 12.1 Å².